The molecule has 196 valence electrons. The first kappa shape index (κ1) is 27.7. The van der Waals surface area contributed by atoms with Crippen molar-refractivity contribution in [2.45, 2.75) is 26.2 Å². The highest BCUT2D eigenvalue weighted by atomic mass is 16.5. The molecule has 0 spiro atoms. The van der Waals surface area contributed by atoms with Gasteiger partial charge in [-0.1, -0.05) is 49.7 Å². The van der Waals surface area contributed by atoms with Crippen molar-refractivity contribution < 1.29 is 19.4 Å². The molecule has 0 unspecified atom stereocenters. The summed E-state index contributed by atoms with van der Waals surface area (Å²) in [5.74, 6) is -1.04. The standard InChI is InChI=1S/C30H37N3O4/c1-5-6-19-37-28-16-14-24(33(4)18-10-17-32(2)3)21-26(28)29(34)31-27-20-23(13-15-25(27)30(35)36)22-11-8-7-9-12-22/h7-9,11-16,20-21H,5-6,10,17-19H2,1-4H3,(H,31,34)(H,35,36). The van der Waals surface area contributed by atoms with Gasteiger partial charge in [0.05, 0.1) is 23.4 Å². The number of hydrogen-bond acceptors (Lipinski definition) is 5. The van der Waals surface area contributed by atoms with Crippen molar-refractivity contribution in [1.29, 1.82) is 0 Å². The molecule has 3 aromatic carbocycles. The molecule has 0 saturated heterocycles. The minimum atomic E-state index is -1.11. The number of carboxylic acid groups (broad SMARTS) is 1. The fraction of sp³-hybridized carbons (Fsp3) is 0.333. The van der Waals surface area contributed by atoms with Gasteiger partial charge in [-0.2, -0.15) is 0 Å². The lowest BCUT2D eigenvalue weighted by Gasteiger charge is -2.22. The summed E-state index contributed by atoms with van der Waals surface area (Å²) in [5, 5.41) is 12.6. The number of nitrogens with one attached hydrogen (secondary N) is 1. The van der Waals surface area contributed by atoms with Gasteiger partial charge in [-0.05, 0) is 74.9 Å². The van der Waals surface area contributed by atoms with E-state index in [0.29, 0.717) is 17.9 Å². The highest BCUT2D eigenvalue weighted by Crippen LogP contribution is 2.29. The molecule has 0 atom stereocenters. The van der Waals surface area contributed by atoms with Gasteiger partial charge >= 0.3 is 5.97 Å². The van der Waals surface area contributed by atoms with Crippen molar-refractivity contribution in [3.63, 3.8) is 0 Å². The number of anilines is 2. The van der Waals surface area contributed by atoms with Crippen LogP contribution in [-0.4, -0.2) is 62.7 Å². The zero-order valence-electron chi connectivity index (χ0n) is 22.2. The molecule has 7 nitrogen and oxygen atoms in total. The number of unbranched alkanes of at least 4 members (excludes halogenated alkanes) is 1. The Labute approximate surface area is 219 Å². The Bertz CT molecular complexity index is 1190. The Balaban J connectivity index is 1.93. The lowest BCUT2D eigenvalue weighted by molar-refractivity contribution is 0.0698. The van der Waals surface area contributed by atoms with E-state index in [1.165, 1.54) is 6.07 Å². The molecular formula is C30H37N3O4. The van der Waals surface area contributed by atoms with Crippen molar-refractivity contribution in [1.82, 2.24) is 4.90 Å². The average Bonchev–Trinajstić information content (AvgIpc) is 2.89. The number of amides is 1. The van der Waals surface area contributed by atoms with Crippen LogP contribution in [0.1, 0.15) is 46.9 Å². The van der Waals surface area contributed by atoms with Crippen LogP contribution in [0.4, 0.5) is 11.4 Å². The largest absolute Gasteiger partial charge is 0.493 e. The number of hydrogen-bond donors (Lipinski definition) is 2. The number of ether oxygens (including phenoxy) is 1. The molecule has 0 aliphatic rings. The molecule has 1 amide bonds. The number of aromatic carboxylic acids is 1. The van der Waals surface area contributed by atoms with Crippen LogP contribution in [0, 0.1) is 0 Å². The van der Waals surface area contributed by atoms with Crippen molar-refractivity contribution in [2.24, 2.45) is 0 Å². The first-order chi connectivity index (χ1) is 17.8. The third kappa shape index (κ3) is 7.82. The maximum atomic E-state index is 13.6. The van der Waals surface area contributed by atoms with Crippen molar-refractivity contribution >= 4 is 23.3 Å². The first-order valence-corrected chi connectivity index (χ1v) is 12.7. The minimum Gasteiger partial charge on any atom is -0.493 e. The monoisotopic (exact) mass is 503 g/mol. The van der Waals surface area contributed by atoms with Crippen LogP contribution in [0.5, 0.6) is 5.75 Å². The Hall–Kier alpha value is -3.84. The summed E-state index contributed by atoms with van der Waals surface area (Å²) in [6.07, 6.45) is 2.83. The van der Waals surface area contributed by atoms with E-state index < -0.39 is 11.9 Å². The summed E-state index contributed by atoms with van der Waals surface area (Å²) in [5.41, 5.74) is 3.27. The number of carbonyl (C=O) groups is 2. The zero-order chi connectivity index (χ0) is 26.8. The maximum absolute atomic E-state index is 13.6. The normalized spacial score (nSPS) is 10.8. The lowest BCUT2D eigenvalue weighted by Crippen LogP contribution is -2.24. The average molecular weight is 504 g/mol. The summed E-state index contributed by atoms with van der Waals surface area (Å²) >= 11 is 0. The minimum absolute atomic E-state index is 0.0263. The van der Waals surface area contributed by atoms with Crippen LogP contribution in [-0.2, 0) is 0 Å². The van der Waals surface area contributed by atoms with E-state index in [2.05, 4.69) is 22.0 Å². The molecule has 37 heavy (non-hydrogen) atoms. The zero-order valence-corrected chi connectivity index (χ0v) is 22.2. The smallest absolute Gasteiger partial charge is 0.337 e. The molecule has 2 N–H and O–H groups in total. The molecule has 0 bridgehead atoms. The summed E-state index contributed by atoms with van der Waals surface area (Å²) in [7, 11) is 6.09. The summed E-state index contributed by atoms with van der Waals surface area (Å²) < 4.78 is 5.95. The highest BCUT2D eigenvalue weighted by Gasteiger charge is 2.19. The summed E-state index contributed by atoms with van der Waals surface area (Å²) in [6.45, 7) is 4.37. The topological polar surface area (TPSA) is 82.1 Å². The van der Waals surface area contributed by atoms with Gasteiger partial charge < -0.3 is 25.0 Å². The predicted molar refractivity (Wildman–Crippen MR) is 150 cm³/mol. The second-order valence-electron chi connectivity index (χ2n) is 9.35. The number of benzene rings is 3. The Morgan fingerprint density at radius 1 is 0.865 bits per heavy atom. The molecule has 3 rings (SSSR count). The van der Waals surface area contributed by atoms with Gasteiger partial charge in [0.2, 0.25) is 0 Å². The molecule has 0 radical (unpaired) electrons. The van der Waals surface area contributed by atoms with E-state index in [-0.39, 0.29) is 11.3 Å². The molecule has 0 heterocycles. The molecular weight excluding hydrogens is 466 g/mol. The summed E-state index contributed by atoms with van der Waals surface area (Å²) in [4.78, 5) is 29.7. The van der Waals surface area contributed by atoms with Crippen LogP contribution in [0.15, 0.2) is 66.7 Å². The quantitative estimate of drug-likeness (QED) is 0.284. The third-order valence-electron chi connectivity index (χ3n) is 6.11. The van der Waals surface area contributed by atoms with Crippen molar-refractivity contribution in [3.05, 3.63) is 77.9 Å². The number of nitrogens with zero attached hydrogens (tertiary/aromatic N) is 2. The SMILES string of the molecule is CCCCOc1ccc(N(C)CCCN(C)C)cc1C(=O)Nc1cc(-c2ccccc2)ccc1C(=O)O. The first-order valence-electron chi connectivity index (χ1n) is 12.7. The predicted octanol–water partition coefficient (Wildman–Crippen LogP) is 5.87. The van der Waals surface area contributed by atoms with Crippen LogP contribution in [0.25, 0.3) is 11.1 Å². The van der Waals surface area contributed by atoms with Crippen molar-refractivity contribution in [2.75, 3.05) is 51.1 Å². The lowest BCUT2D eigenvalue weighted by atomic mass is 10.0. The highest BCUT2D eigenvalue weighted by molar-refractivity contribution is 6.10. The van der Waals surface area contributed by atoms with E-state index in [4.69, 9.17) is 4.74 Å². The molecule has 0 aromatic heterocycles. The number of rotatable bonds is 13. The van der Waals surface area contributed by atoms with Crippen LogP contribution >= 0.6 is 0 Å². The molecule has 7 heteroatoms. The molecule has 3 aromatic rings. The van der Waals surface area contributed by atoms with E-state index >= 15 is 0 Å². The number of carbonyl (C=O) groups excluding carboxylic acids is 1. The fourth-order valence-corrected chi connectivity index (χ4v) is 3.97. The number of carboxylic acids is 1. The molecule has 0 aliphatic heterocycles. The fourth-order valence-electron chi connectivity index (χ4n) is 3.97. The van der Waals surface area contributed by atoms with E-state index in [9.17, 15) is 14.7 Å². The van der Waals surface area contributed by atoms with Gasteiger partial charge in [-0.3, -0.25) is 4.79 Å². The van der Waals surface area contributed by atoms with Gasteiger partial charge in [0.25, 0.3) is 5.91 Å². The van der Waals surface area contributed by atoms with Crippen molar-refractivity contribution in [3.8, 4) is 16.9 Å². The van der Waals surface area contributed by atoms with E-state index in [0.717, 1.165) is 49.2 Å². The molecule has 0 fully saturated rings. The van der Waals surface area contributed by atoms with Gasteiger partial charge in [0, 0.05) is 19.3 Å². The van der Waals surface area contributed by atoms with Gasteiger partial charge in [-0.25, -0.2) is 4.79 Å². The van der Waals surface area contributed by atoms with Gasteiger partial charge in [0.15, 0.2) is 0 Å². The second-order valence-corrected chi connectivity index (χ2v) is 9.35. The van der Waals surface area contributed by atoms with Crippen LogP contribution in [0.3, 0.4) is 0 Å². The van der Waals surface area contributed by atoms with Crippen LogP contribution < -0.4 is 15.0 Å². The molecule has 0 saturated carbocycles. The summed E-state index contributed by atoms with van der Waals surface area (Å²) in [6, 6.07) is 20.2. The Kier molecular flexibility index (Phi) is 10.1. The van der Waals surface area contributed by atoms with Gasteiger partial charge in [0.1, 0.15) is 5.75 Å². The second kappa shape index (κ2) is 13.5. The third-order valence-corrected chi connectivity index (χ3v) is 6.11. The Morgan fingerprint density at radius 2 is 1.62 bits per heavy atom. The van der Waals surface area contributed by atoms with E-state index in [1.54, 1.807) is 12.1 Å². The Morgan fingerprint density at radius 3 is 2.30 bits per heavy atom. The van der Waals surface area contributed by atoms with Gasteiger partial charge in [-0.15, -0.1) is 0 Å². The molecule has 0 aliphatic carbocycles. The van der Waals surface area contributed by atoms with Crippen LogP contribution in [0.2, 0.25) is 0 Å². The van der Waals surface area contributed by atoms with E-state index in [1.807, 2.05) is 69.7 Å². The maximum Gasteiger partial charge on any atom is 0.337 e.